The first-order valence-electron chi connectivity index (χ1n) is 14.8. The smallest absolute Gasteiger partial charge is 0.244 e. The molecule has 218 valence electrons. The van der Waals surface area contributed by atoms with Crippen molar-refractivity contribution in [1.82, 2.24) is 15.5 Å². The Kier molecular flexibility index (Phi) is 8.48. The molecule has 7 atom stereocenters. The minimum Gasteiger partial charge on any atom is -0.394 e. The predicted octanol–water partition coefficient (Wildman–Crippen LogP) is 3.82. The summed E-state index contributed by atoms with van der Waals surface area (Å²) in [6.45, 7) is 0.129. The van der Waals surface area contributed by atoms with Gasteiger partial charge >= 0.3 is 0 Å². The van der Waals surface area contributed by atoms with E-state index in [1.165, 1.54) is 6.42 Å². The minimum atomic E-state index is -0.746. The van der Waals surface area contributed by atoms with Gasteiger partial charge in [0.15, 0.2) is 0 Å². The Hall–Kier alpha value is -2.36. The summed E-state index contributed by atoms with van der Waals surface area (Å²) in [4.78, 5) is 44.2. The van der Waals surface area contributed by atoms with E-state index in [0.717, 1.165) is 36.8 Å². The predicted molar refractivity (Wildman–Crippen MR) is 163 cm³/mol. The van der Waals surface area contributed by atoms with Gasteiger partial charge in [0.1, 0.15) is 6.04 Å². The lowest BCUT2D eigenvalue weighted by molar-refractivity contribution is -0.142. The highest BCUT2D eigenvalue weighted by Crippen LogP contribution is 2.68. The molecule has 7 nitrogen and oxygen atoms in total. The second kappa shape index (κ2) is 12.1. The highest BCUT2D eigenvalue weighted by molar-refractivity contribution is 9.09. The van der Waals surface area contributed by atoms with Crippen molar-refractivity contribution < 1.29 is 19.5 Å². The lowest BCUT2D eigenvalue weighted by Gasteiger charge is -2.38. The Labute approximate surface area is 254 Å². The summed E-state index contributed by atoms with van der Waals surface area (Å²) < 4.78 is -0.729. The van der Waals surface area contributed by atoms with Gasteiger partial charge in [-0.05, 0) is 36.8 Å². The number of amides is 3. The van der Waals surface area contributed by atoms with Gasteiger partial charge < -0.3 is 20.6 Å². The number of hydrogen-bond acceptors (Lipinski definition) is 5. The third kappa shape index (κ3) is 5.34. The number of hydrogen-bond donors (Lipinski definition) is 3. The van der Waals surface area contributed by atoms with E-state index in [2.05, 4.69) is 26.6 Å². The molecule has 1 aliphatic carbocycles. The standard InChI is InChI=1S/C32H38BrN3O4S/c33-24-17-32-26(25(27(24)41-32)29(38)34-18-21-12-6-2-7-13-21)31(40)36(23(19-37)16-20-10-4-1-5-11-20)28(32)30(39)35-22-14-8-3-9-15-22/h1-2,4-7,10-13,22-28,37H,3,8-9,14-19H2,(H,34,38)(H,35,39)/t23-,24?,25-,26+,27-,28?,32?/m1/s1. The number of nitrogens with one attached hydrogen (secondary N) is 2. The van der Waals surface area contributed by atoms with E-state index in [0.29, 0.717) is 19.4 Å². The molecule has 3 heterocycles. The maximum Gasteiger partial charge on any atom is 0.244 e. The fourth-order valence-corrected chi connectivity index (χ4v) is 11.2. The van der Waals surface area contributed by atoms with E-state index >= 15 is 0 Å². The van der Waals surface area contributed by atoms with Crippen molar-refractivity contribution in [3.63, 3.8) is 0 Å². The van der Waals surface area contributed by atoms with Crippen LogP contribution >= 0.6 is 27.7 Å². The quantitative estimate of drug-likeness (QED) is 0.363. The normalized spacial score (nSPS) is 31.6. The van der Waals surface area contributed by atoms with Crippen molar-refractivity contribution in [2.75, 3.05) is 6.61 Å². The molecule has 4 fully saturated rings. The van der Waals surface area contributed by atoms with Crippen molar-refractivity contribution in [1.29, 1.82) is 0 Å². The zero-order valence-electron chi connectivity index (χ0n) is 23.1. The summed E-state index contributed by atoms with van der Waals surface area (Å²) >= 11 is 5.49. The number of carbonyl (C=O) groups excluding carboxylic acids is 3. The molecule has 2 aromatic carbocycles. The van der Waals surface area contributed by atoms with E-state index in [1.807, 2.05) is 60.7 Å². The zero-order chi connectivity index (χ0) is 28.6. The molecule has 9 heteroatoms. The third-order valence-electron chi connectivity index (χ3n) is 9.46. The van der Waals surface area contributed by atoms with Crippen LogP contribution in [0.1, 0.15) is 49.7 Å². The Morgan fingerprint density at radius 1 is 1.00 bits per heavy atom. The number of fused-ring (bicyclic) bond motifs is 1. The van der Waals surface area contributed by atoms with Gasteiger partial charge in [0.05, 0.1) is 29.2 Å². The number of benzene rings is 2. The van der Waals surface area contributed by atoms with E-state index in [1.54, 1.807) is 16.7 Å². The molecule has 2 aromatic rings. The molecule has 4 aliphatic rings. The molecular formula is C32H38BrN3O4S. The molecule has 41 heavy (non-hydrogen) atoms. The Bertz CT molecular complexity index is 1260. The Morgan fingerprint density at radius 3 is 2.32 bits per heavy atom. The number of halogens is 1. The maximum atomic E-state index is 14.5. The van der Waals surface area contributed by atoms with Gasteiger partial charge in [-0.3, -0.25) is 14.4 Å². The molecule has 3 N–H and O–H groups in total. The molecule has 1 saturated carbocycles. The van der Waals surface area contributed by atoms with Gasteiger partial charge in [0.25, 0.3) is 0 Å². The second-order valence-corrected chi connectivity index (χ2v) is 14.7. The number of rotatable bonds is 9. The second-order valence-electron chi connectivity index (χ2n) is 12.0. The first-order chi connectivity index (χ1) is 19.9. The van der Waals surface area contributed by atoms with Crippen LogP contribution in [0.3, 0.4) is 0 Å². The molecule has 3 amide bonds. The first kappa shape index (κ1) is 28.7. The lowest BCUT2D eigenvalue weighted by atomic mass is 9.70. The average Bonchev–Trinajstić information content (AvgIpc) is 3.59. The minimum absolute atomic E-state index is 0.00987. The highest BCUT2D eigenvalue weighted by Gasteiger charge is 2.76. The van der Waals surface area contributed by atoms with Gasteiger partial charge in [-0.2, -0.15) is 0 Å². The summed E-state index contributed by atoms with van der Waals surface area (Å²) in [5, 5.41) is 16.9. The number of aliphatic hydroxyl groups is 1. The van der Waals surface area contributed by atoms with E-state index < -0.39 is 28.7 Å². The number of likely N-dealkylation sites (tertiary alicyclic amines) is 1. The molecule has 1 spiro atoms. The molecule has 0 radical (unpaired) electrons. The van der Waals surface area contributed by atoms with E-state index in [9.17, 15) is 19.5 Å². The van der Waals surface area contributed by atoms with Gasteiger partial charge in [-0.1, -0.05) is 95.9 Å². The van der Waals surface area contributed by atoms with Crippen LogP contribution in [0.2, 0.25) is 0 Å². The summed E-state index contributed by atoms with van der Waals surface area (Å²) in [5.74, 6) is -1.64. The summed E-state index contributed by atoms with van der Waals surface area (Å²) in [7, 11) is 0. The van der Waals surface area contributed by atoms with Crippen molar-refractivity contribution in [2.24, 2.45) is 11.8 Å². The number of thioether (sulfide) groups is 1. The Balaban J connectivity index is 1.33. The van der Waals surface area contributed by atoms with Crippen LogP contribution in [-0.4, -0.2) is 67.3 Å². The largest absolute Gasteiger partial charge is 0.394 e. The van der Waals surface area contributed by atoms with Crippen LogP contribution in [0.25, 0.3) is 0 Å². The molecule has 2 bridgehead atoms. The lowest BCUT2D eigenvalue weighted by Crippen LogP contribution is -2.58. The van der Waals surface area contributed by atoms with Crippen molar-refractivity contribution in [3.05, 3.63) is 71.8 Å². The monoisotopic (exact) mass is 639 g/mol. The van der Waals surface area contributed by atoms with Crippen LogP contribution in [0.15, 0.2) is 60.7 Å². The molecule has 6 rings (SSSR count). The average molecular weight is 641 g/mol. The number of nitrogens with zero attached hydrogens (tertiary/aromatic N) is 1. The summed E-state index contributed by atoms with van der Waals surface area (Å²) in [6, 6.07) is 18.3. The van der Waals surface area contributed by atoms with E-state index in [4.69, 9.17) is 0 Å². The van der Waals surface area contributed by atoms with Crippen LogP contribution in [0.5, 0.6) is 0 Å². The summed E-state index contributed by atoms with van der Waals surface area (Å²) in [5.41, 5.74) is 1.99. The van der Waals surface area contributed by atoms with Gasteiger partial charge in [0, 0.05) is 22.7 Å². The van der Waals surface area contributed by atoms with Crippen molar-refractivity contribution in [3.8, 4) is 0 Å². The Morgan fingerprint density at radius 2 is 1.66 bits per heavy atom. The van der Waals surface area contributed by atoms with Gasteiger partial charge in [0.2, 0.25) is 17.7 Å². The van der Waals surface area contributed by atoms with Gasteiger partial charge in [-0.25, -0.2) is 0 Å². The fraction of sp³-hybridized carbons (Fsp3) is 0.531. The highest BCUT2D eigenvalue weighted by atomic mass is 79.9. The van der Waals surface area contributed by atoms with E-state index in [-0.39, 0.29) is 40.4 Å². The molecule has 3 saturated heterocycles. The number of carbonyl (C=O) groups is 3. The van der Waals surface area contributed by atoms with Crippen LogP contribution in [0, 0.1) is 11.8 Å². The van der Waals surface area contributed by atoms with Crippen molar-refractivity contribution >= 4 is 45.4 Å². The number of aliphatic hydroxyl groups excluding tert-OH is 1. The van der Waals surface area contributed by atoms with Crippen LogP contribution < -0.4 is 10.6 Å². The molecular weight excluding hydrogens is 602 g/mol. The number of alkyl halides is 1. The van der Waals surface area contributed by atoms with Crippen LogP contribution in [0.4, 0.5) is 0 Å². The first-order valence-corrected chi connectivity index (χ1v) is 16.6. The summed E-state index contributed by atoms with van der Waals surface area (Å²) in [6.07, 6.45) is 6.31. The maximum absolute atomic E-state index is 14.5. The molecule has 0 aromatic heterocycles. The van der Waals surface area contributed by atoms with Crippen LogP contribution in [-0.2, 0) is 27.3 Å². The molecule has 3 unspecified atom stereocenters. The molecule has 3 aliphatic heterocycles. The topological polar surface area (TPSA) is 98.7 Å². The fourth-order valence-electron chi connectivity index (χ4n) is 7.63. The van der Waals surface area contributed by atoms with Gasteiger partial charge in [-0.15, -0.1) is 11.8 Å². The SMILES string of the molecule is O=C(NC1CCCCC1)C1N([C@@H](CO)Cc2ccccc2)C(=O)[C@@H]2[C@@H](C(=O)NCc3ccccc3)[C@@H]3SC12CC3Br. The zero-order valence-corrected chi connectivity index (χ0v) is 25.5. The third-order valence-corrected chi connectivity index (χ3v) is 12.7. The van der Waals surface area contributed by atoms with Crippen molar-refractivity contribution in [2.45, 2.75) is 84.4 Å².